The Balaban J connectivity index is 2.11. The molecule has 1 aliphatic carbocycles. The van der Waals surface area contributed by atoms with Crippen LogP contribution in [0.15, 0.2) is 18.2 Å². The molecule has 0 amide bonds. The van der Waals surface area contributed by atoms with Crippen LogP contribution in [0.5, 0.6) is 0 Å². The van der Waals surface area contributed by atoms with Gasteiger partial charge in [0.15, 0.2) is 0 Å². The third-order valence-corrected chi connectivity index (χ3v) is 3.88. The van der Waals surface area contributed by atoms with Gasteiger partial charge in [-0.2, -0.15) is 0 Å². The van der Waals surface area contributed by atoms with Crippen LogP contribution in [-0.4, -0.2) is 22.1 Å². The number of aryl methyl sites for hydroxylation is 2. The molecule has 1 heterocycles. The summed E-state index contributed by atoms with van der Waals surface area (Å²) in [6, 6.07) is 6.18. The second kappa shape index (κ2) is 4.08. The summed E-state index contributed by atoms with van der Waals surface area (Å²) in [6.07, 6.45) is 1.67. The van der Waals surface area contributed by atoms with E-state index in [1.165, 1.54) is 5.56 Å². The van der Waals surface area contributed by atoms with E-state index in [0.717, 1.165) is 29.7 Å². The van der Waals surface area contributed by atoms with Crippen molar-refractivity contribution < 1.29 is 9.53 Å². The predicted molar refractivity (Wildman–Crippen MR) is 73.0 cm³/mol. The van der Waals surface area contributed by atoms with Crippen LogP contribution >= 0.6 is 0 Å². The number of carbonyl (C=O) groups excluding carboxylic acids is 1. The number of rotatable bonds is 3. The summed E-state index contributed by atoms with van der Waals surface area (Å²) in [7, 11) is 1.97. The number of nitrogens with zero attached hydrogens (tertiary/aromatic N) is 2. The average Bonchev–Trinajstić information content (AvgIpc) is 3.11. The lowest BCUT2D eigenvalue weighted by atomic mass is 10.1. The van der Waals surface area contributed by atoms with Crippen molar-refractivity contribution in [3.8, 4) is 0 Å². The minimum atomic E-state index is -0.502. The van der Waals surface area contributed by atoms with Crippen LogP contribution in [-0.2, 0) is 22.0 Å². The zero-order chi connectivity index (χ0) is 13.6. The molecule has 0 saturated heterocycles. The van der Waals surface area contributed by atoms with E-state index in [2.05, 4.69) is 23.2 Å². The van der Waals surface area contributed by atoms with Crippen molar-refractivity contribution in [1.82, 2.24) is 9.55 Å². The summed E-state index contributed by atoms with van der Waals surface area (Å²) >= 11 is 0. The molecule has 0 unspecified atom stereocenters. The quantitative estimate of drug-likeness (QED) is 0.794. The molecule has 0 spiro atoms. The summed E-state index contributed by atoms with van der Waals surface area (Å²) in [5, 5.41) is 0. The maximum atomic E-state index is 12.1. The number of hydrogen-bond donors (Lipinski definition) is 0. The first-order valence-corrected chi connectivity index (χ1v) is 6.69. The van der Waals surface area contributed by atoms with Crippen LogP contribution in [0.1, 0.15) is 31.2 Å². The molecule has 1 saturated carbocycles. The fourth-order valence-electron chi connectivity index (χ4n) is 2.65. The molecule has 0 bridgehead atoms. The molecule has 4 heteroatoms. The molecule has 4 nitrogen and oxygen atoms in total. The Kier molecular flexibility index (Phi) is 2.62. The SMILES string of the molecule is CCOC(=O)C1(c2nc3cc(C)ccc3n2C)CC1. The molecule has 0 atom stereocenters. The van der Waals surface area contributed by atoms with E-state index in [-0.39, 0.29) is 5.97 Å². The lowest BCUT2D eigenvalue weighted by Crippen LogP contribution is -2.26. The number of hydrogen-bond acceptors (Lipinski definition) is 3. The highest BCUT2D eigenvalue weighted by Crippen LogP contribution is 2.49. The third kappa shape index (κ3) is 1.74. The number of esters is 1. The molecule has 0 aliphatic heterocycles. The molecule has 1 aliphatic rings. The summed E-state index contributed by atoms with van der Waals surface area (Å²) in [5.41, 5.74) is 2.69. The second-order valence-corrected chi connectivity index (χ2v) is 5.29. The van der Waals surface area contributed by atoms with E-state index in [1.807, 2.05) is 25.5 Å². The van der Waals surface area contributed by atoms with Gasteiger partial charge in [-0.1, -0.05) is 6.07 Å². The van der Waals surface area contributed by atoms with Gasteiger partial charge in [-0.15, -0.1) is 0 Å². The smallest absolute Gasteiger partial charge is 0.319 e. The fraction of sp³-hybridized carbons (Fsp3) is 0.467. The normalized spacial score (nSPS) is 16.6. The third-order valence-electron chi connectivity index (χ3n) is 3.88. The lowest BCUT2D eigenvalue weighted by Gasteiger charge is -2.13. The van der Waals surface area contributed by atoms with Gasteiger partial charge < -0.3 is 9.30 Å². The van der Waals surface area contributed by atoms with Crippen LogP contribution in [0.3, 0.4) is 0 Å². The van der Waals surface area contributed by atoms with Crippen LogP contribution in [0, 0.1) is 6.92 Å². The van der Waals surface area contributed by atoms with Crippen molar-refractivity contribution in [3.63, 3.8) is 0 Å². The zero-order valence-corrected chi connectivity index (χ0v) is 11.6. The van der Waals surface area contributed by atoms with Gasteiger partial charge in [-0.25, -0.2) is 4.98 Å². The summed E-state index contributed by atoms with van der Waals surface area (Å²) in [5.74, 6) is 0.705. The van der Waals surface area contributed by atoms with E-state index in [1.54, 1.807) is 0 Å². The molecule has 2 aromatic rings. The standard InChI is InChI=1S/C15H18N2O2/c1-4-19-14(18)15(7-8-15)13-16-11-9-10(2)5-6-12(11)17(13)3/h5-6,9H,4,7-8H2,1-3H3. The Morgan fingerprint density at radius 2 is 2.21 bits per heavy atom. The van der Waals surface area contributed by atoms with Crippen LogP contribution in [0.4, 0.5) is 0 Å². The minimum absolute atomic E-state index is 0.134. The highest BCUT2D eigenvalue weighted by molar-refractivity contribution is 5.87. The molecule has 1 aromatic heterocycles. The minimum Gasteiger partial charge on any atom is -0.465 e. The van der Waals surface area contributed by atoms with Crippen molar-refractivity contribution in [2.24, 2.45) is 7.05 Å². The van der Waals surface area contributed by atoms with E-state index in [9.17, 15) is 4.79 Å². The maximum absolute atomic E-state index is 12.1. The van der Waals surface area contributed by atoms with Crippen molar-refractivity contribution in [2.45, 2.75) is 32.1 Å². The van der Waals surface area contributed by atoms with Gasteiger partial charge in [0.2, 0.25) is 0 Å². The van der Waals surface area contributed by atoms with E-state index < -0.39 is 5.41 Å². The van der Waals surface area contributed by atoms with Crippen molar-refractivity contribution >= 4 is 17.0 Å². The monoisotopic (exact) mass is 258 g/mol. The molecule has 0 radical (unpaired) electrons. The second-order valence-electron chi connectivity index (χ2n) is 5.29. The van der Waals surface area contributed by atoms with Crippen molar-refractivity contribution in [2.75, 3.05) is 6.61 Å². The maximum Gasteiger partial charge on any atom is 0.319 e. The first kappa shape index (κ1) is 12.2. The Bertz CT molecular complexity index is 653. The van der Waals surface area contributed by atoms with Gasteiger partial charge in [0.1, 0.15) is 11.2 Å². The molecular weight excluding hydrogens is 240 g/mol. The number of ether oxygens (including phenoxy) is 1. The van der Waals surface area contributed by atoms with Crippen LogP contribution in [0.25, 0.3) is 11.0 Å². The fourth-order valence-corrected chi connectivity index (χ4v) is 2.65. The van der Waals surface area contributed by atoms with Gasteiger partial charge in [0, 0.05) is 7.05 Å². The van der Waals surface area contributed by atoms with E-state index in [4.69, 9.17) is 4.74 Å². The number of aromatic nitrogens is 2. The Morgan fingerprint density at radius 3 is 2.84 bits per heavy atom. The first-order valence-electron chi connectivity index (χ1n) is 6.69. The topological polar surface area (TPSA) is 44.1 Å². The Hall–Kier alpha value is -1.84. The Morgan fingerprint density at radius 1 is 1.47 bits per heavy atom. The summed E-state index contributed by atoms with van der Waals surface area (Å²) in [6.45, 7) is 4.31. The first-order chi connectivity index (χ1) is 9.08. The highest BCUT2D eigenvalue weighted by atomic mass is 16.5. The highest BCUT2D eigenvalue weighted by Gasteiger charge is 2.56. The molecule has 100 valence electrons. The van der Waals surface area contributed by atoms with Crippen molar-refractivity contribution in [3.05, 3.63) is 29.6 Å². The summed E-state index contributed by atoms with van der Waals surface area (Å²) < 4.78 is 7.23. The summed E-state index contributed by atoms with van der Waals surface area (Å²) in [4.78, 5) is 16.8. The van der Waals surface area contributed by atoms with E-state index in [0.29, 0.717) is 6.61 Å². The molecule has 1 aromatic carbocycles. The molecule has 1 fully saturated rings. The van der Waals surface area contributed by atoms with Gasteiger partial charge in [-0.3, -0.25) is 4.79 Å². The van der Waals surface area contributed by atoms with E-state index >= 15 is 0 Å². The van der Waals surface area contributed by atoms with Crippen LogP contribution < -0.4 is 0 Å². The number of carbonyl (C=O) groups is 1. The predicted octanol–water partition coefficient (Wildman–Crippen LogP) is 2.48. The number of imidazole rings is 1. The van der Waals surface area contributed by atoms with Crippen molar-refractivity contribution in [1.29, 1.82) is 0 Å². The van der Waals surface area contributed by atoms with Gasteiger partial charge in [-0.05, 0) is 44.4 Å². The van der Waals surface area contributed by atoms with Gasteiger partial charge in [0.05, 0.1) is 17.6 Å². The van der Waals surface area contributed by atoms with Gasteiger partial charge in [0.25, 0.3) is 0 Å². The molecular formula is C15H18N2O2. The zero-order valence-electron chi connectivity index (χ0n) is 11.6. The number of benzene rings is 1. The Labute approximate surface area is 112 Å². The average molecular weight is 258 g/mol. The lowest BCUT2D eigenvalue weighted by molar-refractivity contribution is -0.146. The van der Waals surface area contributed by atoms with Gasteiger partial charge >= 0.3 is 5.97 Å². The molecule has 0 N–H and O–H groups in total. The number of fused-ring (bicyclic) bond motifs is 1. The largest absolute Gasteiger partial charge is 0.465 e. The molecule has 19 heavy (non-hydrogen) atoms. The molecule has 3 rings (SSSR count). The van der Waals surface area contributed by atoms with Crippen LogP contribution in [0.2, 0.25) is 0 Å².